The number of methoxy groups -OCH3 is 2. The van der Waals surface area contributed by atoms with Gasteiger partial charge in [-0.15, -0.1) is 0 Å². The van der Waals surface area contributed by atoms with Crippen LogP contribution in [0.2, 0.25) is 0 Å². The summed E-state index contributed by atoms with van der Waals surface area (Å²) in [7, 11) is 2.99. The molecule has 5 nitrogen and oxygen atoms in total. The Morgan fingerprint density at radius 1 is 1.38 bits per heavy atom. The first-order chi connectivity index (χ1) is 7.58. The van der Waals surface area contributed by atoms with E-state index in [4.69, 9.17) is 14.6 Å². The highest BCUT2D eigenvalue weighted by Crippen LogP contribution is 2.27. The number of rotatable bonds is 5. The highest BCUT2D eigenvalue weighted by atomic mass is 16.5. The van der Waals surface area contributed by atoms with E-state index in [2.05, 4.69) is 0 Å². The highest BCUT2D eigenvalue weighted by Gasteiger charge is 2.09. The Bertz CT molecular complexity index is 375. The third-order valence-electron chi connectivity index (χ3n) is 2.15. The number of carboxylic acids is 1. The van der Waals surface area contributed by atoms with Crippen LogP contribution >= 0.6 is 0 Å². The molecule has 0 aliphatic heterocycles. The minimum atomic E-state index is -1.52. The standard InChI is InChI=1S/C11H14O5/c1-15-9-4-3-7(6-10(9)16-2)5-8(12)11(13)14/h3-4,6,8,12H,5H2,1-2H3,(H,13,14)/p-1. The van der Waals surface area contributed by atoms with E-state index >= 15 is 0 Å². The van der Waals surface area contributed by atoms with Crippen LogP contribution in [0, 0.1) is 0 Å². The summed E-state index contributed by atoms with van der Waals surface area (Å²) in [6.45, 7) is 0. The second-order valence-corrected chi connectivity index (χ2v) is 3.23. The maximum absolute atomic E-state index is 10.4. The predicted molar refractivity (Wildman–Crippen MR) is 54.3 cm³/mol. The van der Waals surface area contributed by atoms with Crippen molar-refractivity contribution in [3.63, 3.8) is 0 Å². The van der Waals surface area contributed by atoms with Crippen molar-refractivity contribution in [1.29, 1.82) is 0 Å². The van der Waals surface area contributed by atoms with Crippen molar-refractivity contribution >= 4 is 5.97 Å². The molecular weight excluding hydrogens is 212 g/mol. The van der Waals surface area contributed by atoms with E-state index in [0.29, 0.717) is 17.1 Å². The monoisotopic (exact) mass is 225 g/mol. The van der Waals surface area contributed by atoms with Gasteiger partial charge in [0.2, 0.25) is 0 Å². The molecule has 0 aliphatic rings. The fourth-order valence-corrected chi connectivity index (χ4v) is 1.31. The Balaban J connectivity index is 2.86. The van der Waals surface area contributed by atoms with Crippen molar-refractivity contribution in [2.75, 3.05) is 14.2 Å². The number of hydrogen-bond donors (Lipinski definition) is 1. The first-order valence-corrected chi connectivity index (χ1v) is 4.68. The lowest BCUT2D eigenvalue weighted by Gasteiger charge is -2.13. The Kier molecular flexibility index (Phi) is 4.13. The van der Waals surface area contributed by atoms with E-state index in [-0.39, 0.29) is 6.42 Å². The third-order valence-corrected chi connectivity index (χ3v) is 2.15. The zero-order valence-corrected chi connectivity index (χ0v) is 9.10. The van der Waals surface area contributed by atoms with Crippen LogP contribution in [0.15, 0.2) is 18.2 Å². The third kappa shape index (κ3) is 2.87. The Morgan fingerprint density at radius 3 is 2.50 bits per heavy atom. The molecule has 0 aliphatic carbocycles. The molecule has 0 heterocycles. The molecule has 16 heavy (non-hydrogen) atoms. The number of ether oxygens (including phenoxy) is 2. The summed E-state index contributed by atoms with van der Waals surface area (Å²) in [4.78, 5) is 10.4. The molecule has 1 aromatic carbocycles. The first kappa shape index (κ1) is 12.3. The second kappa shape index (κ2) is 5.37. The molecule has 0 aromatic heterocycles. The number of aliphatic carboxylic acids is 1. The summed E-state index contributed by atoms with van der Waals surface area (Å²) in [5.74, 6) is -0.450. The van der Waals surface area contributed by atoms with Crippen LogP contribution < -0.4 is 14.6 Å². The number of aliphatic hydroxyl groups is 1. The maximum Gasteiger partial charge on any atom is 0.160 e. The summed E-state index contributed by atoms with van der Waals surface area (Å²) < 4.78 is 10.1. The van der Waals surface area contributed by atoms with Gasteiger partial charge in [-0.3, -0.25) is 0 Å². The number of benzene rings is 1. The average Bonchev–Trinajstić information content (AvgIpc) is 2.28. The quantitative estimate of drug-likeness (QED) is 0.721. The number of carboxylic acid groups (broad SMARTS) is 1. The molecule has 0 amide bonds. The van der Waals surface area contributed by atoms with E-state index in [1.807, 2.05) is 0 Å². The molecule has 1 rings (SSSR count). The van der Waals surface area contributed by atoms with Gasteiger partial charge >= 0.3 is 0 Å². The molecule has 0 saturated heterocycles. The lowest BCUT2D eigenvalue weighted by molar-refractivity contribution is -0.314. The van der Waals surface area contributed by atoms with E-state index < -0.39 is 12.1 Å². The van der Waals surface area contributed by atoms with Crippen LogP contribution in [-0.2, 0) is 11.2 Å². The maximum atomic E-state index is 10.4. The summed E-state index contributed by atoms with van der Waals surface area (Å²) in [6.07, 6.45) is -1.54. The lowest BCUT2D eigenvalue weighted by atomic mass is 10.1. The van der Waals surface area contributed by atoms with Crippen LogP contribution in [0.25, 0.3) is 0 Å². The summed E-state index contributed by atoms with van der Waals surface area (Å²) in [5.41, 5.74) is 0.634. The van der Waals surface area contributed by atoms with Gasteiger partial charge in [-0.05, 0) is 17.7 Å². The number of carbonyl (C=O) groups excluding carboxylic acids is 1. The molecule has 88 valence electrons. The molecule has 1 unspecified atom stereocenters. The van der Waals surface area contributed by atoms with Gasteiger partial charge in [0.25, 0.3) is 0 Å². The predicted octanol–water partition coefficient (Wildman–Crippen LogP) is -0.643. The van der Waals surface area contributed by atoms with Crippen molar-refractivity contribution in [1.82, 2.24) is 0 Å². The molecule has 1 atom stereocenters. The first-order valence-electron chi connectivity index (χ1n) is 4.68. The van der Waals surface area contributed by atoms with Crippen LogP contribution in [-0.4, -0.2) is 31.4 Å². The Labute approximate surface area is 93.2 Å². The number of aliphatic hydroxyl groups excluding tert-OH is 1. The van der Waals surface area contributed by atoms with E-state index in [0.717, 1.165) is 0 Å². The summed E-state index contributed by atoms with van der Waals surface area (Å²) in [6, 6.07) is 4.93. The number of carbonyl (C=O) groups is 1. The van der Waals surface area contributed by atoms with E-state index in [9.17, 15) is 9.90 Å². The molecule has 0 saturated carbocycles. The van der Waals surface area contributed by atoms with Crippen molar-refractivity contribution in [3.05, 3.63) is 23.8 Å². The van der Waals surface area contributed by atoms with Crippen molar-refractivity contribution in [2.24, 2.45) is 0 Å². The largest absolute Gasteiger partial charge is 0.547 e. The van der Waals surface area contributed by atoms with Crippen LogP contribution in [0.5, 0.6) is 11.5 Å². The van der Waals surface area contributed by atoms with Gasteiger partial charge in [0.1, 0.15) is 0 Å². The van der Waals surface area contributed by atoms with Gasteiger partial charge < -0.3 is 24.5 Å². The smallest absolute Gasteiger partial charge is 0.160 e. The Hall–Kier alpha value is -1.75. The zero-order chi connectivity index (χ0) is 12.1. The van der Waals surface area contributed by atoms with Crippen LogP contribution in [0.1, 0.15) is 5.56 Å². The average molecular weight is 225 g/mol. The van der Waals surface area contributed by atoms with Gasteiger partial charge in [0, 0.05) is 6.42 Å². The molecule has 0 spiro atoms. The molecule has 1 aromatic rings. The van der Waals surface area contributed by atoms with Crippen LogP contribution in [0.4, 0.5) is 0 Å². The summed E-state index contributed by atoms with van der Waals surface area (Å²) >= 11 is 0. The zero-order valence-electron chi connectivity index (χ0n) is 9.10. The van der Waals surface area contributed by atoms with Gasteiger partial charge in [0.05, 0.1) is 26.3 Å². The van der Waals surface area contributed by atoms with Gasteiger partial charge in [0.15, 0.2) is 11.5 Å². The fourth-order valence-electron chi connectivity index (χ4n) is 1.31. The second-order valence-electron chi connectivity index (χ2n) is 3.23. The van der Waals surface area contributed by atoms with Crippen molar-refractivity contribution < 1.29 is 24.5 Å². The molecule has 0 fully saturated rings. The molecule has 0 bridgehead atoms. The van der Waals surface area contributed by atoms with Crippen LogP contribution in [0.3, 0.4) is 0 Å². The van der Waals surface area contributed by atoms with Gasteiger partial charge in [-0.2, -0.15) is 0 Å². The van der Waals surface area contributed by atoms with E-state index in [1.54, 1.807) is 18.2 Å². The van der Waals surface area contributed by atoms with Gasteiger partial charge in [-0.25, -0.2) is 0 Å². The minimum absolute atomic E-state index is 0.0251. The topological polar surface area (TPSA) is 78.8 Å². The summed E-state index contributed by atoms with van der Waals surface area (Å²) in [5, 5.41) is 19.5. The normalized spacial score (nSPS) is 11.9. The van der Waals surface area contributed by atoms with Gasteiger partial charge in [-0.1, -0.05) is 6.07 Å². The molecule has 0 radical (unpaired) electrons. The SMILES string of the molecule is COc1ccc(CC(O)C(=O)[O-])cc1OC. The van der Waals surface area contributed by atoms with Crippen molar-refractivity contribution in [2.45, 2.75) is 12.5 Å². The van der Waals surface area contributed by atoms with Crippen molar-refractivity contribution in [3.8, 4) is 11.5 Å². The minimum Gasteiger partial charge on any atom is -0.547 e. The molecule has 5 heteroatoms. The highest BCUT2D eigenvalue weighted by molar-refractivity contribution is 5.70. The van der Waals surface area contributed by atoms with E-state index in [1.165, 1.54) is 14.2 Å². The lowest BCUT2D eigenvalue weighted by Crippen LogP contribution is -2.36. The molecular formula is C11H13O5-. The number of hydrogen-bond acceptors (Lipinski definition) is 5. The molecule has 1 N–H and O–H groups in total. The fraction of sp³-hybridized carbons (Fsp3) is 0.364. The Morgan fingerprint density at radius 2 is 2.00 bits per heavy atom.